The molecule has 18 heavy (non-hydrogen) atoms. The monoisotopic (exact) mass is 247 g/mol. The Morgan fingerprint density at radius 1 is 1.39 bits per heavy atom. The average molecular weight is 247 g/mol. The van der Waals surface area contributed by atoms with Gasteiger partial charge in [0.05, 0.1) is 6.61 Å². The number of methoxy groups -OCH3 is 1. The predicted molar refractivity (Wildman–Crippen MR) is 67.9 cm³/mol. The van der Waals surface area contributed by atoms with Crippen LogP contribution in [0.15, 0.2) is 28.8 Å². The van der Waals surface area contributed by atoms with Gasteiger partial charge in [0.15, 0.2) is 5.82 Å². The van der Waals surface area contributed by atoms with E-state index in [1.807, 2.05) is 38.1 Å². The second-order valence-corrected chi connectivity index (χ2v) is 4.59. The summed E-state index contributed by atoms with van der Waals surface area (Å²) in [6.07, 6.45) is 0. The number of rotatable bonds is 4. The van der Waals surface area contributed by atoms with E-state index in [0.717, 1.165) is 11.1 Å². The Bertz CT molecular complexity index is 535. The minimum absolute atomic E-state index is 0.333. The summed E-state index contributed by atoms with van der Waals surface area (Å²) in [6.45, 7) is 4.14. The molecule has 5 heteroatoms. The minimum atomic E-state index is -0.751. The zero-order valence-corrected chi connectivity index (χ0v) is 10.8. The van der Waals surface area contributed by atoms with E-state index in [0.29, 0.717) is 18.3 Å². The number of hydrogen-bond acceptors (Lipinski definition) is 5. The molecule has 5 nitrogen and oxygen atoms in total. The number of nitrogens with two attached hydrogens (primary N) is 1. The molecule has 2 aromatic rings. The second-order valence-electron chi connectivity index (χ2n) is 4.59. The van der Waals surface area contributed by atoms with Gasteiger partial charge in [-0.3, -0.25) is 0 Å². The molecule has 0 saturated heterocycles. The molecule has 0 bridgehead atoms. The minimum Gasteiger partial charge on any atom is -0.382 e. The van der Waals surface area contributed by atoms with Crippen molar-refractivity contribution < 1.29 is 9.26 Å². The van der Waals surface area contributed by atoms with Gasteiger partial charge in [0, 0.05) is 12.7 Å². The van der Waals surface area contributed by atoms with E-state index in [1.165, 1.54) is 0 Å². The normalized spacial score (nSPS) is 14.4. The van der Waals surface area contributed by atoms with Crippen LogP contribution in [0.1, 0.15) is 18.3 Å². The third-order valence-corrected chi connectivity index (χ3v) is 2.76. The van der Waals surface area contributed by atoms with Crippen LogP contribution in [-0.4, -0.2) is 23.9 Å². The summed E-state index contributed by atoms with van der Waals surface area (Å²) in [5, 5.41) is 3.93. The third-order valence-electron chi connectivity index (χ3n) is 2.76. The molecule has 0 spiro atoms. The van der Waals surface area contributed by atoms with Crippen molar-refractivity contribution in [1.82, 2.24) is 10.1 Å². The molecule has 0 saturated carbocycles. The molecule has 2 N–H and O–H groups in total. The van der Waals surface area contributed by atoms with Crippen LogP contribution in [-0.2, 0) is 10.3 Å². The molecule has 0 radical (unpaired) electrons. The number of nitrogens with zero attached hydrogens (tertiary/aromatic N) is 2. The van der Waals surface area contributed by atoms with Gasteiger partial charge in [-0.15, -0.1) is 0 Å². The van der Waals surface area contributed by atoms with Crippen molar-refractivity contribution in [3.05, 3.63) is 35.7 Å². The van der Waals surface area contributed by atoms with Crippen molar-refractivity contribution in [3.63, 3.8) is 0 Å². The lowest BCUT2D eigenvalue weighted by Crippen LogP contribution is -2.38. The Morgan fingerprint density at radius 2 is 2.11 bits per heavy atom. The van der Waals surface area contributed by atoms with Crippen LogP contribution in [0.2, 0.25) is 0 Å². The van der Waals surface area contributed by atoms with Crippen LogP contribution in [0.4, 0.5) is 0 Å². The number of aromatic nitrogens is 2. The molecule has 1 atom stereocenters. The largest absolute Gasteiger partial charge is 0.382 e. The SMILES string of the molecule is COCC(C)(N)c1noc(-c2ccccc2C)n1. The first-order valence-electron chi connectivity index (χ1n) is 5.72. The lowest BCUT2D eigenvalue weighted by molar-refractivity contribution is 0.135. The molecule has 0 aliphatic carbocycles. The summed E-state index contributed by atoms with van der Waals surface area (Å²) in [6, 6.07) is 7.84. The molecule has 1 heterocycles. The number of ether oxygens (including phenoxy) is 1. The summed E-state index contributed by atoms with van der Waals surface area (Å²) in [4.78, 5) is 4.35. The average Bonchev–Trinajstić information content (AvgIpc) is 2.79. The van der Waals surface area contributed by atoms with E-state index in [9.17, 15) is 0 Å². The van der Waals surface area contributed by atoms with Crippen LogP contribution in [0.25, 0.3) is 11.5 Å². The molecule has 2 rings (SSSR count). The quantitative estimate of drug-likeness (QED) is 0.892. The van der Waals surface area contributed by atoms with Crippen LogP contribution in [0.5, 0.6) is 0 Å². The van der Waals surface area contributed by atoms with Crippen molar-refractivity contribution in [2.45, 2.75) is 19.4 Å². The molecule has 0 aliphatic rings. The summed E-state index contributed by atoms with van der Waals surface area (Å²) < 4.78 is 10.3. The lowest BCUT2D eigenvalue weighted by atomic mass is 10.1. The van der Waals surface area contributed by atoms with Gasteiger partial charge in [-0.25, -0.2) is 0 Å². The van der Waals surface area contributed by atoms with Gasteiger partial charge in [0.25, 0.3) is 5.89 Å². The fourth-order valence-corrected chi connectivity index (χ4v) is 1.74. The van der Waals surface area contributed by atoms with Gasteiger partial charge >= 0.3 is 0 Å². The first-order chi connectivity index (χ1) is 8.54. The highest BCUT2D eigenvalue weighted by Crippen LogP contribution is 2.23. The number of hydrogen-bond donors (Lipinski definition) is 1. The van der Waals surface area contributed by atoms with Gasteiger partial charge in [0.1, 0.15) is 5.54 Å². The second kappa shape index (κ2) is 4.88. The number of benzene rings is 1. The summed E-state index contributed by atoms with van der Waals surface area (Å²) in [7, 11) is 1.59. The van der Waals surface area contributed by atoms with E-state index in [-0.39, 0.29) is 0 Å². The maximum absolute atomic E-state index is 6.07. The van der Waals surface area contributed by atoms with E-state index in [4.69, 9.17) is 15.0 Å². The van der Waals surface area contributed by atoms with E-state index < -0.39 is 5.54 Å². The first-order valence-corrected chi connectivity index (χ1v) is 5.72. The van der Waals surface area contributed by atoms with Gasteiger partial charge in [-0.2, -0.15) is 4.98 Å². The zero-order chi connectivity index (χ0) is 13.2. The Labute approximate surface area is 106 Å². The maximum Gasteiger partial charge on any atom is 0.258 e. The molecule has 96 valence electrons. The van der Waals surface area contributed by atoms with Crippen molar-refractivity contribution in [3.8, 4) is 11.5 Å². The van der Waals surface area contributed by atoms with Gasteiger partial charge < -0.3 is 15.0 Å². The van der Waals surface area contributed by atoms with Gasteiger partial charge in [0.2, 0.25) is 0 Å². The first kappa shape index (κ1) is 12.7. The fourth-order valence-electron chi connectivity index (χ4n) is 1.74. The Hall–Kier alpha value is -1.72. The predicted octanol–water partition coefficient (Wildman–Crippen LogP) is 1.87. The Kier molecular flexibility index (Phi) is 3.45. The molecule has 0 aliphatic heterocycles. The highest BCUT2D eigenvalue weighted by Gasteiger charge is 2.27. The standard InChI is InChI=1S/C13H17N3O2/c1-9-6-4-5-7-10(9)11-15-12(16-18-11)13(2,14)8-17-3/h4-7H,8,14H2,1-3H3. The highest BCUT2D eigenvalue weighted by molar-refractivity contribution is 5.57. The molecule has 0 amide bonds. The van der Waals surface area contributed by atoms with E-state index in [2.05, 4.69) is 10.1 Å². The van der Waals surface area contributed by atoms with E-state index in [1.54, 1.807) is 7.11 Å². The zero-order valence-electron chi connectivity index (χ0n) is 10.8. The van der Waals surface area contributed by atoms with Crippen LogP contribution < -0.4 is 5.73 Å². The lowest BCUT2D eigenvalue weighted by Gasteiger charge is -2.18. The van der Waals surface area contributed by atoms with Crippen molar-refractivity contribution in [1.29, 1.82) is 0 Å². The molecule has 0 fully saturated rings. The third kappa shape index (κ3) is 2.42. The maximum atomic E-state index is 6.07. The Balaban J connectivity index is 2.34. The number of aryl methyl sites for hydroxylation is 1. The topological polar surface area (TPSA) is 74.2 Å². The van der Waals surface area contributed by atoms with Gasteiger partial charge in [-0.05, 0) is 25.5 Å². The fraction of sp³-hybridized carbons (Fsp3) is 0.385. The summed E-state index contributed by atoms with van der Waals surface area (Å²) in [5.41, 5.74) is 7.32. The highest BCUT2D eigenvalue weighted by atomic mass is 16.5. The summed E-state index contributed by atoms with van der Waals surface area (Å²) in [5.74, 6) is 0.929. The molecule has 1 unspecified atom stereocenters. The van der Waals surface area contributed by atoms with Crippen molar-refractivity contribution in [2.24, 2.45) is 5.73 Å². The smallest absolute Gasteiger partial charge is 0.258 e. The molecular weight excluding hydrogens is 230 g/mol. The van der Waals surface area contributed by atoms with Crippen LogP contribution in [0.3, 0.4) is 0 Å². The van der Waals surface area contributed by atoms with Gasteiger partial charge in [-0.1, -0.05) is 23.4 Å². The van der Waals surface area contributed by atoms with Crippen molar-refractivity contribution in [2.75, 3.05) is 13.7 Å². The van der Waals surface area contributed by atoms with Crippen LogP contribution >= 0.6 is 0 Å². The van der Waals surface area contributed by atoms with Crippen LogP contribution in [0, 0.1) is 6.92 Å². The molecule has 1 aromatic carbocycles. The molecule has 1 aromatic heterocycles. The Morgan fingerprint density at radius 3 is 2.78 bits per heavy atom. The molecular formula is C13H17N3O2. The van der Waals surface area contributed by atoms with E-state index >= 15 is 0 Å². The summed E-state index contributed by atoms with van der Waals surface area (Å²) >= 11 is 0. The van der Waals surface area contributed by atoms with Crippen molar-refractivity contribution >= 4 is 0 Å².